The van der Waals surface area contributed by atoms with E-state index in [1.54, 1.807) is 29.7 Å². The van der Waals surface area contributed by atoms with E-state index in [1.807, 2.05) is 6.07 Å². The van der Waals surface area contributed by atoms with Crippen LogP contribution in [0.15, 0.2) is 49.1 Å². The molecular formula is C16H15ClFN3O2. The largest absolute Gasteiger partial charge is 0.410 e. The fourth-order valence-electron chi connectivity index (χ4n) is 2.36. The summed E-state index contributed by atoms with van der Waals surface area (Å²) in [5, 5.41) is 1.66. The van der Waals surface area contributed by atoms with Gasteiger partial charge in [0.25, 0.3) is 0 Å². The van der Waals surface area contributed by atoms with Crippen molar-refractivity contribution < 1.29 is 14.0 Å². The minimum absolute atomic E-state index is 0.239. The van der Waals surface area contributed by atoms with Crippen molar-refractivity contribution in [3.63, 3.8) is 0 Å². The molecule has 0 bridgehead atoms. The summed E-state index contributed by atoms with van der Waals surface area (Å²) in [6.07, 6.45) is 4.78. The number of benzene rings is 1. The standard InChI is InChI=1S/C16H15ClFN3O2/c17-6-8-22-11-21-16(15-5-7-19-10-20-15)14(9-23-21)12-1-3-13(18)4-2-12/h1-5,7,9-10,16H,6,8,11H2. The third-order valence-corrected chi connectivity index (χ3v) is 3.55. The Balaban J connectivity index is 1.87. The Morgan fingerprint density at radius 2 is 2.09 bits per heavy atom. The number of hydroxylamine groups is 2. The van der Waals surface area contributed by atoms with E-state index < -0.39 is 0 Å². The maximum absolute atomic E-state index is 13.2. The first-order chi connectivity index (χ1) is 11.3. The minimum Gasteiger partial charge on any atom is -0.410 e. The van der Waals surface area contributed by atoms with E-state index in [-0.39, 0.29) is 18.6 Å². The third-order valence-electron chi connectivity index (χ3n) is 3.40. The van der Waals surface area contributed by atoms with Gasteiger partial charge in [-0.3, -0.25) is 0 Å². The van der Waals surface area contributed by atoms with Crippen molar-refractivity contribution in [2.75, 3.05) is 19.2 Å². The Bertz CT molecular complexity index is 667. The first-order valence-corrected chi connectivity index (χ1v) is 7.62. The third kappa shape index (κ3) is 3.67. The molecule has 1 aliphatic rings. The highest BCUT2D eigenvalue weighted by atomic mass is 35.5. The summed E-state index contributed by atoms with van der Waals surface area (Å²) in [6, 6.07) is 7.80. The highest BCUT2D eigenvalue weighted by Gasteiger charge is 2.33. The van der Waals surface area contributed by atoms with Crippen LogP contribution in [0.2, 0.25) is 0 Å². The molecular weight excluding hydrogens is 321 g/mol. The van der Waals surface area contributed by atoms with Gasteiger partial charge in [-0.05, 0) is 23.8 Å². The lowest BCUT2D eigenvalue weighted by Crippen LogP contribution is -2.27. The monoisotopic (exact) mass is 335 g/mol. The van der Waals surface area contributed by atoms with Crippen LogP contribution in [0.1, 0.15) is 17.3 Å². The van der Waals surface area contributed by atoms with Crippen molar-refractivity contribution >= 4 is 17.2 Å². The topological polar surface area (TPSA) is 47.5 Å². The maximum Gasteiger partial charge on any atom is 0.134 e. The van der Waals surface area contributed by atoms with Gasteiger partial charge in [0, 0.05) is 17.6 Å². The molecule has 0 amide bonds. The van der Waals surface area contributed by atoms with E-state index in [2.05, 4.69) is 9.97 Å². The van der Waals surface area contributed by atoms with Gasteiger partial charge >= 0.3 is 0 Å². The summed E-state index contributed by atoms with van der Waals surface area (Å²) < 4.78 is 18.6. The second kappa shape index (κ2) is 7.50. The molecule has 7 heteroatoms. The normalized spacial score (nSPS) is 17.8. The van der Waals surface area contributed by atoms with Gasteiger partial charge in [0.15, 0.2) is 0 Å². The Kier molecular flexibility index (Phi) is 5.17. The number of halogens is 2. The Labute approximate surface area is 138 Å². The zero-order valence-electron chi connectivity index (χ0n) is 12.2. The summed E-state index contributed by atoms with van der Waals surface area (Å²) in [5.74, 6) is 0.124. The van der Waals surface area contributed by atoms with Crippen LogP contribution in [-0.4, -0.2) is 34.2 Å². The molecule has 1 unspecified atom stereocenters. The molecule has 0 radical (unpaired) electrons. The Morgan fingerprint density at radius 1 is 1.26 bits per heavy atom. The summed E-state index contributed by atoms with van der Waals surface area (Å²) in [4.78, 5) is 13.9. The van der Waals surface area contributed by atoms with Crippen molar-refractivity contribution in [1.29, 1.82) is 0 Å². The van der Waals surface area contributed by atoms with Gasteiger partial charge in [0.1, 0.15) is 31.2 Å². The smallest absolute Gasteiger partial charge is 0.134 e. The predicted molar refractivity (Wildman–Crippen MR) is 83.6 cm³/mol. The fraction of sp³-hybridized carbons (Fsp3) is 0.250. The summed E-state index contributed by atoms with van der Waals surface area (Å²) in [7, 11) is 0. The van der Waals surface area contributed by atoms with Crippen LogP contribution in [0, 0.1) is 5.82 Å². The van der Waals surface area contributed by atoms with Crippen LogP contribution < -0.4 is 0 Å². The molecule has 2 aromatic rings. The second-order valence-corrected chi connectivity index (χ2v) is 5.24. The van der Waals surface area contributed by atoms with Gasteiger partial charge in [-0.15, -0.1) is 16.7 Å². The van der Waals surface area contributed by atoms with E-state index in [1.165, 1.54) is 18.5 Å². The number of nitrogens with zero attached hydrogens (tertiary/aromatic N) is 3. The molecule has 0 spiro atoms. The van der Waals surface area contributed by atoms with Crippen LogP contribution in [-0.2, 0) is 9.57 Å². The Hall–Kier alpha value is -2.02. The number of hydrogen-bond donors (Lipinski definition) is 0. The number of ether oxygens (including phenoxy) is 1. The molecule has 1 aromatic carbocycles. The zero-order valence-corrected chi connectivity index (χ0v) is 13.0. The lowest BCUT2D eigenvalue weighted by Gasteiger charge is -2.23. The highest BCUT2D eigenvalue weighted by Crippen LogP contribution is 2.39. The fourth-order valence-corrected chi connectivity index (χ4v) is 2.47. The van der Waals surface area contributed by atoms with Crippen molar-refractivity contribution in [1.82, 2.24) is 15.0 Å². The molecule has 0 aliphatic carbocycles. The van der Waals surface area contributed by atoms with Gasteiger partial charge < -0.3 is 9.57 Å². The van der Waals surface area contributed by atoms with Crippen LogP contribution in [0.5, 0.6) is 0 Å². The summed E-state index contributed by atoms with van der Waals surface area (Å²) >= 11 is 5.63. The van der Waals surface area contributed by atoms with E-state index >= 15 is 0 Å². The van der Waals surface area contributed by atoms with Gasteiger partial charge in [-0.1, -0.05) is 12.1 Å². The molecule has 3 rings (SSSR count). The molecule has 1 aliphatic heterocycles. The number of alkyl halides is 1. The van der Waals surface area contributed by atoms with Crippen molar-refractivity contribution in [2.45, 2.75) is 6.04 Å². The minimum atomic E-state index is -0.283. The quantitative estimate of drug-likeness (QED) is 0.599. The van der Waals surface area contributed by atoms with Crippen molar-refractivity contribution in [3.05, 3.63) is 66.2 Å². The van der Waals surface area contributed by atoms with Crippen LogP contribution in [0.3, 0.4) is 0 Å². The second-order valence-electron chi connectivity index (χ2n) is 4.87. The van der Waals surface area contributed by atoms with E-state index in [4.69, 9.17) is 21.2 Å². The lowest BCUT2D eigenvalue weighted by atomic mass is 9.97. The number of aromatic nitrogens is 2. The number of rotatable bonds is 6. The molecule has 120 valence electrons. The average molecular weight is 336 g/mol. The summed E-state index contributed by atoms with van der Waals surface area (Å²) in [5.41, 5.74) is 2.50. The first kappa shape index (κ1) is 15.9. The molecule has 2 heterocycles. The number of hydrogen-bond acceptors (Lipinski definition) is 5. The molecule has 0 fully saturated rings. The summed E-state index contributed by atoms with van der Waals surface area (Å²) in [6.45, 7) is 0.659. The van der Waals surface area contributed by atoms with E-state index in [0.29, 0.717) is 12.5 Å². The van der Waals surface area contributed by atoms with Crippen LogP contribution >= 0.6 is 11.6 Å². The van der Waals surface area contributed by atoms with Crippen LogP contribution in [0.4, 0.5) is 4.39 Å². The van der Waals surface area contributed by atoms with Gasteiger partial charge in [-0.2, -0.15) is 0 Å². The molecule has 23 heavy (non-hydrogen) atoms. The molecule has 1 aromatic heterocycles. The molecule has 0 N–H and O–H groups in total. The first-order valence-electron chi connectivity index (χ1n) is 7.08. The predicted octanol–water partition coefficient (Wildman–Crippen LogP) is 3.16. The highest BCUT2D eigenvalue weighted by molar-refractivity contribution is 6.17. The van der Waals surface area contributed by atoms with E-state index in [9.17, 15) is 4.39 Å². The van der Waals surface area contributed by atoms with Gasteiger partial charge in [0.05, 0.1) is 12.3 Å². The molecule has 5 nitrogen and oxygen atoms in total. The zero-order chi connectivity index (χ0) is 16.1. The van der Waals surface area contributed by atoms with Gasteiger partial charge in [-0.25, -0.2) is 14.4 Å². The molecule has 0 saturated heterocycles. The van der Waals surface area contributed by atoms with Crippen molar-refractivity contribution in [3.8, 4) is 0 Å². The van der Waals surface area contributed by atoms with E-state index in [0.717, 1.165) is 16.8 Å². The van der Waals surface area contributed by atoms with Gasteiger partial charge in [0.2, 0.25) is 0 Å². The molecule has 1 atom stereocenters. The van der Waals surface area contributed by atoms with Crippen LogP contribution in [0.25, 0.3) is 5.57 Å². The van der Waals surface area contributed by atoms with Crippen molar-refractivity contribution in [2.24, 2.45) is 0 Å². The lowest BCUT2D eigenvalue weighted by molar-refractivity contribution is -0.168. The molecule has 0 saturated carbocycles. The Morgan fingerprint density at radius 3 is 2.78 bits per heavy atom. The maximum atomic E-state index is 13.2. The average Bonchev–Trinajstić information content (AvgIpc) is 3.00. The SMILES string of the molecule is Fc1ccc(C2=CON(COCCCl)C2c2ccncn2)cc1.